The van der Waals surface area contributed by atoms with E-state index >= 15 is 0 Å². The van der Waals surface area contributed by atoms with Crippen LogP contribution in [0.5, 0.6) is 0 Å². The molecule has 0 spiro atoms. The van der Waals surface area contributed by atoms with Gasteiger partial charge in [0, 0.05) is 38.8 Å². The van der Waals surface area contributed by atoms with E-state index in [2.05, 4.69) is 16.7 Å². The number of piperidine rings is 1. The lowest BCUT2D eigenvalue weighted by molar-refractivity contribution is -0.155. The Morgan fingerprint density at radius 3 is 2.17 bits per heavy atom. The summed E-state index contributed by atoms with van der Waals surface area (Å²) in [5.41, 5.74) is 0. The van der Waals surface area contributed by atoms with Crippen LogP contribution in [0.4, 0.5) is 13.2 Å². The number of piperazine rings is 1. The van der Waals surface area contributed by atoms with Crippen LogP contribution in [0.2, 0.25) is 0 Å². The summed E-state index contributed by atoms with van der Waals surface area (Å²) in [5, 5.41) is 10.3. The van der Waals surface area contributed by atoms with Gasteiger partial charge in [0.2, 0.25) is 0 Å². The first-order valence-corrected chi connectivity index (χ1v) is 8.66. The van der Waals surface area contributed by atoms with Crippen molar-refractivity contribution in [2.24, 2.45) is 5.92 Å². The topological polar surface area (TPSA) is 30.0 Å². The number of rotatable bonds is 5. The minimum atomic E-state index is -4.14. The highest BCUT2D eigenvalue weighted by Crippen LogP contribution is 2.20. The predicted octanol–water partition coefficient (Wildman–Crippen LogP) is 1.65. The van der Waals surface area contributed by atoms with Gasteiger partial charge in [0.15, 0.2) is 0 Å². The third-order valence-corrected chi connectivity index (χ3v) is 5.05. The second-order valence-electron chi connectivity index (χ2n) is 7.33. The van der Waals surface area contributed by atoms with Crippen molar-refractivity contribution in [3.63, 3.8) is 0 Å². The van der Waals surface area contributed by atoms with Crippen LogP contribution in [0.15, 0.2) is 0 Å². The number of halogens is 3. The largest absolute Gasteiger partial charge is 0.401 e. The molecule has 23 heavy (non-hydrogen) atoms. The lowest BCUT2D eigenvalue weighted by atomic mass is 9.99. The van der Waals surface area contributed by atoms with E-state index in [4.69, 9.17) is 0 Å². The van der Waals surface area contributed by atoms with Crippen molar-refractivity contribution in [1.29, 1.82) is 0 Å². The SMILES string of the molecule is CC1CCN(CC(O)CN2CCN(CC(F)(F)F)C(C)C2)CC1. The van der Waals surface area contributed by atoms with Crippen LogP contribution in [-0.4, -0.2) is 90.5 Å². The van der Waals surface area contributed by atoms with Crippen molar-refractivity contribution in [3.8, 4) is 0 Å². The second-order valence-corrected chi connectivity index (χ2v) is 7.33. The molecule has 2 rings (SSSR count). The van der Waals surface area contributed by atoms with E-state index in [1.54, 1.807) is 0 Å². The molecular formula is C16H30F3N3O. The van der Waals surface area contributed by atoms with Gasteiger partial charge in [0.1, 0.15) is 0 Å². The van der Waals surface area contributed by atoms with Crippen LogP contribution in [-0.2, 0) is 0 Å². The summed E-state index contributed by atoms with van der Waals surface area (Å²) in [7, 11) is 0. The molecule has 1 N–H and O–H groups in total. The monoisotopic (exact) mass is 337 g/mol. The van der Waals surface area contributed by atoms with Crippen LogP contribution in [0, 0.1) is 5.92 Å². The lowest BCUT2D eigenvalue weighted by Gasteiger charge is -2.41. The average Bonchev–Trinajstić information content (AvgIpc) is 2.43. The van der Waals surface area contributed by atoms with E-state index in [9.17, 15) is 18.3 Å². The Bertz CT molecular complexity index is 359. The van der Waals surface area contributed by atoms with E-state index in [-0.39, 0.29) is 6.04 Å². The first-order chi connectivity index (χ1) is 10.7. The Hall–Kier alpha value is -0.370. The van der Waals surface area contributed by atoms with Gasteiger partial charge in [-0.2, -0.15) is 13.2 Å². The molecule has 7 heteroatoms. The Balaban J connectivity index is 1.70. The summed E-state index contributed by atoms with van der Waals surface area (Å²) in [6.07, 6.45) is -2.20. The molecule has 0 aromatic carbocycles. The number of likely N-dealkylation sites (tertiary alicyclic amines) is 1. The van der Waals surface area contributed by atoms with Gasteiger partial charge in [0.05, 0.1) is 12.6 Å². The Morgan fingerprint density at radius 2 is 1.61 bits per heavy atom. The molecule has 0 aromatic rings. The van der Waals surface area contributed by atoms with Gasteiger partial charge in [-0.15, -0.1) is 0 Å². The molecule has 2 aliphatic heterocycles. The molecular weight excluding hydrogens is 307 g/mol. The zero-order valence-corrected chi connectivity index (χ0v) is 14.2. The fourth-order valence-corrected chi connectivity index (χ4v) is 3.60. The number of β-amino-alcohol motifs (C(OH)–C–C–N with tert-alkyl or cyclic N) is 1. The molecule has 2 heterocycles. The maximum atomic E-state index is 12.5. The van der Waals surface area contributed by atoms with Crippen LogP contribution < -0.4 is 0 Å². The minimum Gasteiger partial charge on any atom is -0.390 e. The van der Waals surface area contributed by atoms with E-state index in [0.29, 0.717) is 32.7 Å². The maximum Gasteiger partial charge on any atom is 0.401 e. The molecule has 2 saturated heterocycles. The van der Waals surface area contributed by atoms with Crippen molar-refractivity contribution < 1.29 is 18.3 Å². The van der Waals surface area contributed by atoms with Crippen LogP contribution in [0.1, 0.15) is 26.7 Å². The third-order valence-electron chi connectivity index (χ3n) is 5.05. The average molecular weight is 337 g/mol. The summed E-state index contributed by atoms with van der Waals surface area (Å²) in [6.45, 7) is 8.14. The van der Waals surface area contributed by atoms with Crippen molar-refractivity contribution in [3.05, 3.63) is 0 Å². The van der Waals surface area contributed by atoms with Gasteiger partial charge in [-0.05, 0) is 38.8 Å². The van der Waals surface area contributed by atoms with Gasteiger partial charge in [-0.25, -0.2) is 0 Å². The number of hydrogen-bond donors (Lipinski definition) is 1. The molecule has 0 aliphatic carbocycles. The fourth-order valence-electron chi connectivity index (χ4n) is 3.60. The summed E-state index contributed by atoms with van der Waals surface area (Å²) in [6, 6.07) is -0.131. The second kappa shape index (κ2) is 8.14. The molecule has 2 fully saturated rings. The smallest absolute Gasteiger partial charge is 0.390 e. The summed E-state index contributed by atoms with van der Waals surface area (Å²) in [5.74, 6) is 0.769. The van der Waals surface area contributed by atoms with Crippen LogP contribution >= 0.6 is 0 Å². The van der Waals surface area contributed by atoms with Gasteiger partial charge >= 0.3 is 6.18 Å². The minimum absolute atomic E-state index is 0.131. The number of aliphatic hydroxyl groups is 1. The molecule has 2 aliphatic rings. The normalized spacial score (nSPS) is 28.2. The Kier molecular flexibility index (Phi) is 6.71. The van der Waals surface area contributed by atoms with E-state index in [1.165, 1.54) is 17.7 Å². The summed E-state index contributed by atoms with van der Waals surface area (Å²) in [4.78, 5) is 5.87. The first-order valence-electron chi connectivity index (χ1n) is 8.66. The standard InChI is InChI=1S/C16H30F3N3O/c1-13-3-5-20(6-4-13)10-15(23)11-21-7-8-22(14(2)9-21)12-16(17,18)19/h13-15,23H,3-12H2,1-2H3. The molecule has 0 bridgehead atoms. The Morgan fingerprint density at radius 1 is 1.00 bits per heavy atom. The number of alkyl halides is 3. The summed E-state index contributed by atoms with van der Waals surface area (Å²) >= 11 is 0. The highest BCUT2D eigenvalue weighted by Gasteiger charge is 2.35. The first kappa shape index (κ1) is 19.0. The molecule has 4 nitrogen and oxygen atoms in total. The number of nitrogens with zero attached hydrogens (tertiary/aromatic N) is 3. The van der Waals surface area contributed by atoms with Crippen molar-refractivity contribution >= 4 is 0 Å². The zero-order valence-electron chi connectivity index (χ0n) is 14.2. The highest BCUT2D eigenvalue weighted by molar-refractivity contribution is 4.82. The van der Waals surface area contributed by atoms with Gasteiger partial charge in [-0.1, -0.05) is 6.92 Å². The van der Waals surface area contributed by atoms with Crippen LogP contribution in [0.3, 0.4) is 0 Å². The quantitative estimate of drug-likeness (QED) is 0.826. The molecule has 2 unspecified atom stereocenters. The molecule has 0 radical (unpaired) electrons. The van der Waals surface area contributed by atoms with Crippen molar-refractivity contribution in [2.45, 2.75) is 45.0 Å². The number of aliphatic hydroxyl groups excluding tert-OH is 1. The van der Waals surface area contributed by atoms with Crippen molar-refractivity contribution in [1.82, 2.24) is 14.7 Å². The lowest BCUT2D eigenvalue weighted by Crippen LogP contribution is -2.56. The zero-order chi connectivity index (χ0) is 17.0. The van der Waals surface area contributed by atoms with E-state index < -0.39 is 18.8 Å². The van der Waals surface area contributed by atoms with Gasteiger partial charge in [-0.3, -0.25) is 9.80 Å². The van der Waals surface area contributed by atoms with E-state index in [0.717, 1.165) is 19.0 Å². The molecule has 0 amide bonds. The molecule has 2 atom stereocenters. The number of hydrogen-bond acceptors (Lipinski definition) is 4. The summed E-state index contributed by atoms with van der Waals surface area (Å²) < 4.78 is 37.5. The predicted molar refractivity (Wildman–Crippen MR) is 84.4 cm³/mol. The van der Waals surface area contributed by atoms with E-state index in [1.807, 2.05) is 6.92 Å². The third kappa shape index (κ3) is 6.57. The Labute approximate surface area is 137 Å². The maximum absolute atomic E-state index is 12.5. The van der Waals surface area contributed by atoms with Gasteiger partial charge < -0.3 is 10.0 Å². The van der Waals surface area contributed by atoms with Crippen molar-refractivity contribution in [2.75, 3.05) is 52.4 Å². The molecule has 136 valence electrons. The highest BCUT2D eigenvalue weighted by atomic mass is 19.4. The van der Waals surface area contributed by atoms with Crippen LogP contribution in [0.25, 0.3) is 0 Å². The molecule has 0 saturated carbocycles. The molecule has 0 aromatic heterocycles. The van der Waals surface area contributed by atoms with Gasteiger partial charge in [0.25, 0.3) is 0 Å². The fraction of sp³-hybridized carbons (Fsp3) is 1.00.